The summed E-state index contributed by atoms with van der Waals surface area (Å²) in [5, 5.41) is 8.45. The summed E-state index contributed by atoms with van der Waals surface area (Å²) < 4.78 is 10.8. The highest BCUT2D eigenvalue weighted by molar-refractivity contribution is 8.19. The summed E-state index contributed by atoms with van der Waals surface area (Å²) in [4.78, 5) is 37.7. The molecule has 0 aromatic heterocycles. The van der Waals surface area contributed by atoms with E-state index in [2.05, 4.69) is 0 Å². The number of para-hydroxylation sites is 1. The Balaban J connectivity index is 1.89. The molecule has 1 heterocycles. The first-order valence-corrected chi connectivity index (χ1v) is 10.2. The van der Waals surface area contributed by atoms with Gasteiger partial charge in [-0.15, -0.1) is 0 Å². The smallest absolute Gasteiger partial charge is 0.341 e. The van der Waals surface area contributed by atoms with Crippen LogP contribution >= 0.6 is 11.8 Å². The van der Waals surface area contributed by atoms with Gasteiger partial charge in [0.1, 0.15) is 0 Å². The maximum Gasteiger partial charge on any atom is 0.341 e. The van der Waals surface area contributed by atoms with Crippen molar-refractivity contribution in [1.29, 1.82) is 0 Å². The maximum atomic E-state index is 12.9. The van der Waals surface area contributed by atoms with Gasteiger partial charge in [0.2, 0.25) is 0 Å². The average Bonchev–Trinajstić information content (AvgIpc) is 3.00. The van der Waals surface area contributed by atoms with Crippen LogP contribution in [0.2, 0.25) is 0 Å². The number of aliphatic carboxylic acids is 1. The molecule has 0 saturated carbocycles. The molecule has 1 saturated heterocycles. The van der Waals surface area contributed by atoms with E-state index in [1.54, 1.807) is 43.3 Å². The van der Waals surface area contributed by atoms with E-state index in [1.165, 1.54) is 4.90 Å². The molecular weight excluding hydrogens is 406 g/mol. The highest BCUT2D eigenvalue weighted by atomic mass is 32.2. The number of hydrogen-bond acceptors (Lipinski definition) is 6. The number of carboxylic acids is 1. The van der Waals surface area contributed by atoms with Crippen molar-refractivity contribution in [3.05, 3.63) is 58.5 Å². The number of ether oxygens (including phenoxy) is 2. The van der Waals surface area contributed by atoms with Gasteiger partial charge in [-0.2, -0.15) is 0 Å². The SMILES string of the molecule is CCOc1cc(/C=C2/SC(=O)N(c3ccccc3CC)C2=O)ccc1OCC(=O)O. The fourth-order valence-corrected chi connectivity index (χ4v) is 3.83. The van der Waals surface area contributed by atoms with Gasteiger partial charge < -0.3 is 14.6 Å². The summed E-state index contributed by atoms with van der Waals surface area (Å²) in [6.07, 6.45) is 2.31. The van der Waals surface area contributed by atoms with Crippen LogP contribution < -0.4 is 14.4 Å². The molecule has 2 amide bonds. The van der Waals surface area contributed by atoms with Gasteiger partial charge in [0.05, 0.1) is 17.2 Å². The van der Waals surface area contributed by atoms with E-state index in [9.17, 15) is 14.4 Å². The van der Waals surface area contributed by atoms with Gasteiger partial charge in [0.25, 0.3) is 11.1 Å². The number of anilines is 1. The Labute approximate surface area is 178 Å². The zero-order chi connectivity index (χ0) is 21.7. The fraction of sp³-hybridized carbons (Fsp3) is 0.227. The molecule has 1 fully saturated rings. The van der Waals surface area contributed by atoms with Crippen LogP contribution in [-0.4, -0.2) is 35.4 Å². The largest absolute Gasteiger partial charge is 0.490 e. The van der Waals surface area contributed by atoms with Crippen molar-refractivity contribution >= 4 is 40.6 Å². The van der Waals surface area contributed by atoms with Crippen molar-refractivity contribution < 1.29 is 29.0 Å². The van der Waals surface area contributed by atoms with Crippen molar-refractivity contribution in [3.63, 3.8) is 0 Å². The number of aryl methyl sites for hydroxylation is 1. The molecular formula is C22H21NO6S. The molecule has 1 aliphatic heterocycles. The van der Waals surface area contributed by atoms with Gasteiger partial charge in [0.15, 0.2) is 18.1 Å². The molecule has 1 N–H and O–H groups in total. The summed E-state index contributed by atoms with van der Waals surface area (Å²) in [6, 6.07) is 12.2. The molecule has 30 heavy (non-hydrogen) atoms. The average molecular weight is 427 g/mol. The minimum Gasteiger partial charge on any atom is -0.490 e. The number of carbonyl (C=O) groups excluding carboxylic acids is 2. The second-order valence-corrected chi connectivity index (χ2v) is 7.31. The van der Waals surface area contributed by atoms with Crippen molar-refractivity contribution in [1.82, 2.24) is 0 Å². The van der Waals surface area contributed by atoms with E-state index >= 15 is 0 Å². The lowest BCUT2D eigenvalue weighted by atomic mass is 10.1. The van der Waals surface area contributed by atoms with E-state index in [-0.39, 0.29) is 11.1 Å². The summed E-state index contributed by atoms with van der Waals surface area (Å²) >= 11 is 0.877. The minimum atomic E-state index is -1.09. The van der Waals surface area contributed by atoms with Crippen LogP contribution in [0.25, 0.3) is 6.08 Å². The number of thioether (sulfide) groups is 1. The van der Waals surface area contributed by atoms with Crippen LogP contribution in [0.15, 0.2) is 47.4 Å². The number of amides is 2. The predicted octanol–water partition coefficient (Wildman–Crippen LogP) is 4.35. The zero-order valence-corrected chi connectivity index (χ0v) is 17.4. The highest BCUT2D eigenvalue weighted by Crippen LogP contribution is 2.38. The third kappa shape index (κ3) is 4.65. The van der Waals surface area contributed by atoms with Gasteiger partial charge in [-0.3, -0.25) is 9.59 Å². The normalized spacial score (nSPS) is 15.0. The molecule has 3 rings (SSSR count). The lowest BCUT2D eigenvalue weighted by molar-refractivity contribution is -0.139. The molecule has 0 unspecified atom stereocenters. The predicted molar refractivity (Wildman–Crippen MR) is 115 cm³/mol. The first-order chi connectivity index (χ1) is 14.4. The molecule has 8 heteroatoms. The van der Waals surface area contributed by atoms with Gasteiger partial charge in [-0.1, -0.05) is 31.2 Å². The van der Waals surface area contributed by atoms with Crippen molar-refractivity contribution in [2.75, 3.05) is 18.1 Å². The molecule has 0 aliphatic carbocycles. The van der Waals surface area contributed by atoms with Crippen molar-refractivity contribution in [2.45, 2.75) is 20.3 Å². The van der Waals surface area contributed by atoms with Gasteiger partial charge in [-0.25, -0.2) is 9.69 Å². The van der Waals surface area contributed by atoms with Crippen molar-refractivity contribution in [3.8, 4) is 11.5 Å². The first-order valence-electron chi connectivity index (χ1n) is 9.41. The molecule has 0 atom stereocenters. The molecule has 1 aliphatic rings. The van der Waals surface area contributed by atoms with E-state index in [1.807, 2.05) is 19.1 Å². The Morgan fingerprint density at radius 1 is 1.10 bits per heavy atom. The van der Waals surface area contributed by atoms with Gasteiger partial charge in [0, 0.05) is 0 Å². The summed E-state index contributed by atoms with van der Waals surface area (Å²) in [5.41, 5.74) is 2.15. The van der Waals surface area contributed by atoms with E-state index in [0.717, 1.165) is 17.3 Å². The molecule has 2 aromatic carbocycles. The minimum absolute atomic E-state index is 0.293. The third-order valence-electron chi connectivity index (χ3n) is 4.32. The van der Waals surface area contributed by atoms with E-state index in [4.69, 9.17) is 14.6 Å². The zero-order valence-electron chi connectivity index (χ0n) is 16.6. The lowest BCUT2D eigenvalue weighted by Gasteiger charge is -2.16. The number of imide groups is 1. The standard InChI is InChI=1S/C22H21NO6S/c1-3-15-7-5-6-8-16(15)23-21(26)19(30-22(23)27)12-14-9-10-17(29-13-20(24)25)18(11-14)28-4-2/h5-12H,3-4,13H2,1-2H3,(H,24,25)/b19-12+. The molecule has 0 radical (unpaired) electrons. The third-order valence-corrected chi connectivity index (χ3v) is 5.19. The quantitative estimate of drug-likeness (QED) is 0.626. The number of nitrogens with zero attached hydrogens (tertiary/aromatic N) is 1. The fourth-order valence-electron chi connectivity index (χ4n) is 3.00. The molecule has 7 nitrogen and oxygen atoms in total. The Kier molecular flexibility index (Phi) is 6.79. The first kappa shape index (κ1) is 21.4. The molecule has 0 spiro atoms. The number of carboxylic acid groups (broad SMARTS) is 1. The Bertz CT molecular complexity index is 1020. The van der Waals surface area contributed by atoms with Crippen LogP contribution in [0.1, 0.15) is 25.0 Å². The number of hydrogen-bond donors (Lipinski definition) is 1. The molecule has 0 bridgehead atoms. The highest BCUT2D eigenvalue weighted by Gasteiger charge is 2.37. The number of carbonyl (C=O) groups is 3. The van der Waals surface area contributed by atoms with E-state index < -0.39 is 12.6 Å². The number of benzene rings is 2. The lowest BCUT2D eigenvalue weighted by Crippen LogP contribution is -2.28. The van der Waals surface area contributed by atoms with Crippen LogP contribution in [0.3, 0.4) is 0 Å². The summed E-state index contributed by atoms with van der Waals surface area (Å²) in [5.74, 6) is -0.818. The van der Waals surface area contributed by atoms with Crippen LogP contribution in [-0.2, 0) is 16.0 Å². The van der Waals surface area contributed by atoms with Gasteiger partial charge >= 0.3 is 5.97 Å². The Morgan fingerprint density at radius 2 is 1.87 bits per heavy atom. The maximum absolute atomic E-state index is 12.9. The summed E-state index contributed by atoms with van der Waals surface area (Å²) in [7, 11) is 0. The number of rotatable bonds is 8. The van der Waals surface area contributed by atoms with Crippen LogP contribution in [0.5, 0.6) is 11.5 Å². The summed E-state index contributed by atoms with van der Waals surface area (Å²) in [6.45, 7) is 3.63. The molecule has 156 valence electrons. The second kappa shape index (κ2) is 9.49. The Hall–Kier alpha value is -3.26. The Morgan fingerprint density at radius 3 is 2.57 bits per heavy atom. The topological polar surface area (TPSA) is 93.1 Å². The molecule has 2 aromatic rings. The van der Waals surface area contributed by atoms with Gasteiger partial charge in [-0.05, 0) is 60.5 Å². The van der Waals surface area contributed by atoms with E-state index in [0.29, 0.717) is 40.7 Å². The second-order valence-electron chi connectivity index (χ2n) is 6.32. The van der Waals surface area contributed by atoms with Crippen LogP contribution in [0.4, 0.5) is 10.5 Å². The monoisotopic (exact) mass is 427 g/mol. The van der Waals surface area contributed by atoms with Crippen LogP contribution in [0, 0.1) is 0 Å². The van der Waals surface area contributed by atoms with Crippen molar-refractivity contribution in [2.24, 2.45) is 0 Å².